The van der Waals surface area contributed by atoms with Gasteiger partial charge in [-0.05, 0) is 44.4 Å². The molecule has 0 N–H and O–H groups in total. The van der Waals surface area contributed by atoms with Gasteiger partial charge >= 0.3 is 5.97 Å². The fourth-order valence-corrected chi connectivity index (χ4v) is 6.18. The summed E-state index contributed by atoms with van der Waals surface area (Å²) in [7, 11) is 1.46. The van der Waals surface area contributed by atoms with Crippen LogP contribution in [-0.2, 0) is 9.53 Å². The third-order valence-electron chi connectivity index (χ3n) is 4.55. The molecule has 4 bridgehead atoms. The molecule has 0 spiro atoms. The Morgan fingerprint density at radius 3 is 2.12 bits per heavy atom. The van der Waals surface area contributed by atoms with Crippen molar-refractivity contribution in [3.05, 3.63) is 0 Å². The second-order valence-electron chi connectivity index (χ2n) is 6.08. The molecule has 4 heteroatoms. The van der Waals surface area contributed by atoms with E-state index in [1.807, 2.05) is 0 Å². The molecule has 0 amide bonds. The number of ether oxygens (including phenoxy) is 1. The van der Waals surface area contributed by atoms with E-state index in [4.69, 9.17) is 27.9 Å². The maximum atomic E-state index is 12.0. The molecular weight excluding hydrogens is 247 g/mol. The molecule has 0 saturated heterocycles. The number of carbonyl (C=O) groups excluding carboxylic acids is 1. The van der Waals surface area contributed by atoms with E-state index in [-0.39, 0.29) is 15.7 Å². The highest BCUT2D eigenvalue weighted by atomic mass is 35.5. The van der Waals surface area contributed by atoms with Crippen LogP contribution in [0.5, 0.6) is 0 Å². The predicted octanol–water partition coefficient (Wildman–Crippen LogP) is 3.10. The standard InChI is InChI=1S/C12H16Cl2O2/c1-16-9(15)10-2-8-3-11(13,5-10)7-12(14,4-8)6-10/h8H,2-7H2,1H3. The quantitative estimate of drug-likeness (QED) is 0.536. The van der Waals surface area contributed by atoms with Crippen molar-refractivity contribution in [2.24, 2.45) is 11.3 Å². The molecule has 0 aromatic carbocycles. The summed E-state index contributed by atoms with van der Waals surface area (Å²) >= 11 is 13.2. The molecule has 0 aliphatic heterocycles. The highest BCUT2D eigenvalue weighted by Gasteiger charge is 2.65. The first-order valence-electron chi connectivity index (χ1n) is 5.85. The Kier molecular flexibility index (Phi) is 2.15. The predicted molar refractivity (Wildman–Crippen MR) is 62.8 cm³/mol. The average Bonchev–Trinajstić information content (AvgIpc) is 2.10. The lowest BCUT2D eigenvalue weighted by molar-refractivity contribution is -0.165. The monoisotopic (exact) mass is 262 g/mol. The summed E-state index contributed by atoms with van der Waals surface area (Å²) in [5.74, 6) is 0.400. The Morgan fingerprint density at radius 1 is 1.12 bits per heavy atom. The molecule has 4 rings (SSSR count). The number of methoxy groups -OCH3 is 1. The van der Waals surface area contributed by atoms with Gasteiger partial charge in [-0.25, -0.2) is 0 Å². The lowest BCUT2D eigenvalue weighted by atomic mass is 9.49. The van der Waals surface area contributed by atoms with Crippen LogP contribution in [0.1, 0.15) is 38.5 Å². The van der Waals surface area contributed by atoms with Crippen molar-refractivity contribution in [1.82, 2.24) is 0 Å². The molecule has 4 aliphatic carbocycles. The van der Waals surface area contributed by atoms with Crippen LogP contribution in [0.4, 0.5) is 0 Å². The Balaban J connectivity index is 2.01. The van der Waals surface area contributed by atoms with Crippen LogP contribution in [-0.4, -0.2) is 22.8 Å². The fourth-order valence-electron chi connectivity index (χ4n) is 4.65. The minimum atomic E-state index is -0.391. The van der Waals surface area contributed by atoms with Crippen molar-refractivity contribution in [3.8, 4) is 0 Å². The topological polar surface area (TPSA) is 26.3 Å². The Bertz CT molecular complexity index is 337. The van der Waals surface area contributed by atoms with Gasteiger partial charge in [0.25, 0.3) is 0 Å². The third kappa shape index (κ3) is 1.42. The van der Waals surface area contributed by atoms with E-state index in [2.05, 4.69) is 0 Å². The molecule has 2 unspecified atom stereocenters. The normalized spacial score (nSPS) is 54.1. The van der Waals surface area contributed by atoms with Crippen molar-refractivity contribution < 1.29 is 9.53 Å². The van der Waals surface area contributed by atoms with E-state index >= 15 is 0 Å². The van der Waals surface area contributed by atoms with Crippen molar-refractivity contribution in [3.63, 3.8) is 0 Å². The third-order valence-corrected chi connectivity index (χ3v) is 5.39. The molecule has 0 heterocycles. The lowest BCUT2D eigenvalue weighted by Gasteiger charge is -2.61. The Morgan fingerprint density at radius 2 is 1.69 bits per heavy atom. The van der Waals surface area contributed by atoms with Gasteiger partial charge in [-0.15, -0.1) is 23.2 Å². The van der Waals surface area contributed by atoms with Crippen molar-refractivity contribution >= 4 is 29.2 Å². The summed E-state index contributed by atoms with van der Waals surface area (Å²) in [6, 6.07) is 0. The van der Waals surface area contributed by atoms with Crippen LogP contribution >= 0.6 is 23.2 Å². The average molecular weight is 263 g/mol. The number of esters is 1. The number of hydrogen-bond donors (Lipinski definition) is 0. The molecule has 4 fully saturated rings. The number of alkyl halides is 2. The van der Waals surface area contributed by atoms with E-state index < -0.39 is 5.41 Å². The highest BCUT2D eigenvalue weighted by Crippen LogP contribution is 2.67. The Hall–Kier alpha value is 0.0500. The van der Waals surface area contributed by atoms with Gasteiger partial charge in [-0.2, -0.15) is 0 Å². The summed E-state index contributed by atoms with van der Waals surface area (Å²) < 4.78 is 4.97. The first-order valence-corrected chi connectivity index (χ1v) is 6.61. The van der Waals surface area contributed by atoms with Gasteiger partial charge in [0.1, 0.15) is 0 Å². The zero-order valence-electron chi connectivity index (χ0n) is 9.39. The Labute approximate surface area is 106 Å². The highest BCUT2D eigenvalue weighted by molar-refractivity contribution is 6.28. The fraction of sp³-hybridized carbons (Fsp3) is 0.917. The first kappa shape index (κ1) is 11.2. The van der Waals surface area contributed by atoms with E-state index in [1.165, 1.54) is 7.11 Å². The molecule has 0 aromatic rings. The van der Waals surface area contributed by atoms with Crippen molar-refractivity contribution in [2.75, 3.05) is 7.11 Å². The summed E-state index contributed by atoms with van der Waals surface area (Å²) in [6.45, 7) is 0. The molecule has 0 radical (unpaired) electrons. The van der Waals surface area contributed by atoms with E-state index in [9.17, 15) is 4.79 Å². The van der Waals surface area contributed by atoms with Gasteiger partial charge in [-0.1, -0.05) is 0 Å². The molecule has 2 atom stereocenters. The number of halogens is 2. The van der Waals surface area contributed by atoms with Crippen LogP contribution in [0.2, 0.25) is 0 Å². The molecule has 16 heavy (non-hydrogen) atoms. The molecule has 4 aliphatic rings. The van der Waals surface area contributed by atoms with Crippen LogP contribution in [0, 0.1) is 11.3 Å². The van der Waals surface area contributed by atoms with E-state index in [1.54, 1.807) is 0 Å². The van der Waals surface area contributed by atoms with E-state index in [0.717, 1.165) is 38.5 Å². The smallest absolute Gasteiger partial charge is 0.311 e. The van der Waals surface area contributed by atoms with Crippen LogP contribution < -0.4 is 0 Å². The molecule has 4 saturated carbocycles. The lowest BCUT2D eigenvalue weighted by Crippen LogP contribution is -2.61. The van der Waals surface area contributed by atoms with Gasteiger partial charge < -0.3 is 4.74 Å². The van der Waals surface area contributed by atoms with Crippen molar-refractivity contribution in [2.45, 2.75) is 48.3 Å². The van der Waals surface area contributed by atoms with Gasteiger partial charge in [0.2, 0.25) is 0 Å². The van der Waals surface area contributed by atoms with Gasteiger partial charge in [0.15, 0.2) is 0 Å². The minimum absolute atomic E-state index is 0.105. The van der Waals surface area contributed by atoms with Crippen LogP contribution in [0.3, 0.4) is 0 Å². The largest absolute Gasteiger partial charge is 0.469 e. The zero-order chi connectivity index (χ0) is 11.6. The van der Waals surface area contributed by atoms with Gasteiger partial charge in [0, 0.05) is 9.75 Å². The number of rotatable bonds is 1. The molecule has 90 valence electrons. The second-order valence-corrected chi connectivity index (χ2v) is 7.69. The van der Waals surface area contributed by atoms with E-state index in [0.29, 0.717) is 5.92 Å². The zero-order valence-corrected chi connectivity index (χ0v) is 10.9. The van der Waals surface area contributed by atoms with Crippen LogP contribution in [0.25, 0.3) is 0 Å². The first-order chi connectivity index (χ1) is 7.39. The minimum Gasteiger partial charge on any atom is -0.469 e. The summed E-state index contributed by atoms with van der Waals surface area (Å²) in [6.07, 6.45) is 5.29. The summed E-state index contributed by atoms with van der Waals surface area (Å²) in [5.41, 5.74) is -0.391. The van der Waals surface area contributed by atoms with Crippen LogP contribution in [0.15, 0.2) is 0 Å². The second kappa shape index (κ2) is 3.08. The van der Waals surface area contributed by atoms with Crippen molar-refractivity contribution in [1.29, 1.82) is 0 Å². The SMILES string of the molecule is COC(=O)C12CC3CC(Cl)(CC(Cl)(C3)C1)C2. The number of carbonyl (C=O) groups is 1. The van der Waals surface area contributed by atoms with Gasteiger partial charge in [-0.3, -0.25) is 4.79 Å². The summed E-state index contributed by atoms with van der Waals surface area (Å²) in [5, 5.41) is 0. The molecule has 2 nitrogen and oxygen atoms in total. The van der Waals surface area contributed by atoms with Gasteiger partial charge in [0.05, 0.1) is 12.5 Å². The summed E-state index contributed by atoms with van der Waals surface area (Å²) in [4.78, 5) is 11.5. The maximum absolute atomic E-state index is 12.0. The molecule has 0 aromatic heterocycles. The maximum Gasteiger partial charge on any atom is 0.311 e. The number of hydrogen-bond acceptors (Lipinski definition) is 2. The molecular formula is C12H16Cl2O2.